The first-order chi connectivity index (χ1) is 14.7. The Balaban J connectivity index is 1.66. The molecule has 1 aliphatic heterocycles. The average Bonchev–Trinajstić information content (AvgIpc) is 3.38. The van der Waals surface area contributed by atoms with Crippen LogP contribution < -0.4 is 24.3 Å². The average molecular weight is 406 g/mol. The third kappa shape index (κ3) is 2.87. The summed E-state index contributed by atoms with van der Waals surface area (Å²) in [4.78, 5) is 9.02. The summed E-state index contributed by atoms with van der Waals surface area (Å²) in [5.74, 6) is 3.06. The first-order valence-corrected chi connectivity index (χ1v) is 9.13. The minimum absolute atomic E-state index is 0.0732. The largest absolute Gasteiger partial charge is 0.502 e. The van der Waals surface area contributed by atoms with E-state index >= 15 is 0 Å². The van der Waals surface area contributed by atoms with E-state index in [2.05, 4.69) is 15.3 Å². The molecule has 9 nitrogen and oxygen atoms in total. The van der Waals surface area contributed by atoms with Gasteiger partial charge in [-0.3, -0.25) is 4.40 Å². The number of anilines is 2. The van der Waals surface area contributed by atoms with Crippen molar-refractivity contribution in [2.45, 2.75) is 0 Å². The van der Waals surface area contributed by atoms with Crippen LogP contribution in [0.3, 0.4) is 0 Å². The van der Waals surface area contributed by atoms with Crippen molar-refractivity contribution in [2.75, 3.05) is 26.3 Å². The Morgan fingerprint density at radius 3 is 2.60 bits per heavy atom. The first kappa shape index (κ1) is 17.9. The van der Waals surface area contributed by atoms with Gasteiger partial charge in [0.25, 0.3) is 0 Å². The Morgan fingerprint density at radius 1 is 1.07 bits per heavy atom. The highest BCUT2D eigenvalue weighted by Crippen LogP contribution is 2.42. The Bertz CT molecular complexity index is 1230. The van der Waals surface area contributed by atoms with Gasteiger partial charge in [0.2, 0.25) is 18.3 Å². The van der Waals surface area contributed by atoms with Crippen LogP contribution in [0.25, 0.3) is 17.0 Å². The van der Waals surface area contributed by atoms with Crippen LogP contribution in [0, 0.1) is 0 Å². The molecule has 2 aromatic carbocycles. The number of fused-ring (bicyclic) bond motifs is 2. The van der Waals surface area contributed by atoms with Crippen molar-refractivity contribution >= 4 is 17.3 Å². The molecule has 0 unspecified atom stereocenters. The molecular weight excluding hydrogens is 388 g/mol. The molecule has 0 radical (unpaired) electrons. The van der Waals surface area contributed by atoms with Gasteiger partial charge in [0.1, 0.15) is 11.5 Å². The normalized spacial score (nSPS) is 12.2. The minimum Gasteiger partial charge on any atom is -0.502 e. The van der Waals surface area contributed by atoms with Crippen molar-refractivity contribution < 1.29 is 24.1 Å². The van der Waals surface area contributed by atoms with Crippen molar-refractivity contribution in [3.8, 4) is 40.0 Å². The molecule has 3 heterocycles. The van der Waals surface area contributed by atoms with Gasteiger partial charge in [0.05, 0.1) is 14.2 Å². The van der Waals surface area contributed by atoms with Gasteiger partial charge in [-0.2, -0.15) is 0 Å². The maximum Gasteiger partial charge on any atom is 0.235 e. The molecule has 0 atom stereocenters. The number of phenols is 1. The summed E-state index contributed by atoms with van der Waals surface area (Å²) < 4.78 is 23.3. The van der Waals surface area contributed by atoms with Crippen LogP contribution in [0.1, 0.15) is 0 Å². The lowest BCUT2D eigenvalue weighted by atomic mass is 10.1. The third-order valence-corrected chi connectivity index (χ3v) is 4.79. The fourth-order valence-electron chi connectivity index (χ4n) is 3.35. The monoisotopic (exact) mass is 406 g/mol. The number of hydrogen-bond acceptors (Lipinski definition) is 8. The second kappa shape index (κ2) is 7.03. The lowest BCUT2D eigenvalue weighted by Crippen LogP contribution is -1.98. The van der Waals surface area contributed by atoms with Crippen molar-refractivity contribution in [1.29, 1.82) is 0 Å². The number of phenolic OH excluding ortho intramolecular Hbond substituents is 1. The van der Waals surface area contributed by atoms with Crippen LogP contribution in [-0.2, 0) is 0 Å². The number of nitrogens with zero attached hydrogens (tertiary/aromatic N) is 3. The maximum atomic E-state index is 10.3. The molecule has 0 spiro atoms. The zero-order valence-electron chi connectivity index (χ0n) is 16.2. The van der Waals surface area contributed by atoms with E-state index in [1.807, 2.05) is 34.9 Å². The Hall–Kier alpha value is -4.14. The van der Waals surface area contributed by atoms with Crippen LogP contribution in [0.5, 0.6) is 28.7 Å². The van der Waals surface area contributed by atoms with Crippen molar-refractivity contribution in [1.82, 2.24) is 14.4 Å². The summed E-state index contributed by atoms with van der Waals surface area (Å²) in [6.45, 7) is 0.205. The lowest BCUT2D eigenvalue weighted by Gasteiger charge is -2.12. The fourth-order valence-corrected chi connectivity index (χ4v) is 3.35. The minimum atomic E-state index is -0.0732. The number of hydrogen-bond donors (Lipinski definition) is 2. The van der Waals surface area contributed by atoms with E-state index in [4.69, 9.17) is 18.9 Å². The van der Waals surface area contributed by atoms with Crippen molar-refractivity contribution in [3.63, 3.8) is 0 Å². The SMILES string of the molecule is COc1cc(-c2nc3ncccn3c2Nc2ccc3c(c2)OCO3)cc(OC)c1O. The summed E-state index contributed by atoms with van der Waals surface area (Å²) in [7, 11) is 2.96. The number of aromatic nitrogens is 3. The molecule has 2 N–H and O–H groups in total. The number of aromatic hydroxyl groups is 1. The van der Waals surface area contributed by atoms with E-state index in [9.17, 15) is 5.11 Å². The molecule has 0 fully saturated rings. The van der Waals surface area contributed by atoms with E-state index in [1.165, 1.54) is 14.2 Å². The smallest absolute Gasteiger partial charge is 0.235 e. The zero-order chi connectivity index (χ0) is 20.7. The van der Waals surface area contributed by atoms with Gasteiger partial charge in [-0.05, 0) is 30.3 Å². The number of benzene rings is 2. The topological polar surface area (TPSA) is 99.4 Å². The standard InChI is InChI=1S/C21H18N4O5/c1-27-16-8-12(9-17(28-2)19(16)26)18-20(25-7-3-6-22-21(25)24-18)23-13-4-5-14-15(10-13)30-11-29-14/h3-10,23,26H,11H2,1-2H3. The van der Waals surface area contributed by atoms with E-state index in [1.54, 1.807) is 18.3 Å². The van der Waals surface area contributed by atoms with Gasteiger partial charge in [0.15, 0.2) is 23.0 Å². The van der Waals surface area contributed by atoms with E-state index in [-0.39, 0.29) is 24.0 Å². The second-order valence-electron chi connectivity index (χ2n) is 6.52. The highest BCUT2D eigenvalue weighted by atomic mass is 16.7. The van der Waals surface area contributed by atoms with Crippen LogP contribution in [-0.4, -0.2) is 40.5 Å². The van der Waals surface area contributed by atoms with Gasteiger partial charge in [-0.15, -0.1) is 0 Å². The molecule has 5 rings (SSSR count). The predicted octanol–water partition coefficient (Wildman–Crippen LogP) is 3.59. The van der Waals surface area contributed by atoms with E-state index in [0.29, 0.717) is 34.4 Å². The Morgan fingerprint density at radius 2 is 1.83 bits per heavy atom. The summed E-state index contributed by atoms with van der Waals surface area (Å²) in [5.41, 5.74) is 2.10. The molecule has 30 heavy (non-hydrogen) atoms. The lowest BCUT2D eigenvalue weighted by molar-refractivity contribution is 0.174. The number of methoxy groups -OCH3 is 2. The molecular formula is C21H18N4O5. The molecule has 4 aromatic rings. The van der Waals surface area contributed by atoms with Crippen LogP contribution in [0.15, 0.2) is 48.8 Å². The molecule has 9 heteroatoms. The van der Waals surface area contributed by atoms with Crippen molar-refractivity contribution in [2.24, 2.45) is 0 Å². The number of ether oxygens (including phenoxy) is 4. The van der Waals surface area contributed by atoms with E-state index in [0.717, 1.165) is 5.69 Å². The summed E-state index contributed by atoms with van der Waals surface area (Å²) in [5, 5.41) is 13.7. The van der Waals surface area contributed by atoms with Crippen molar-refractivity contribution in [3.05, 3.63) is 48.8 Å². The molecule has 0 saturated heterocycles. The zero-order valence-corrected chi connectivity index (χ0v) is 16.2. The van der Waals surface area contributed by atoms with Crippen LogP contribution in [0.4, 0.5) is 11.5 Å². The first-order valence-electron chi connectivity index (χ1n) is 9.13. The third-order valence-electron chi connectivity index (χ3n) is 4.79. The number of imidazole rings is 1. The molecule has 1 aliphatic rings. The van der Waals surface area contributed by atoms with Crippen LogP contribution >= 0.6 is 0 Å². The molecule has 0 amide bonds. The van der Waals surface area contributed by atoms with Gasteiger partial charge < -0.3 is 29.4 Å². The Labute approximate surface area is 171 Å². The quantitative estimate of drug-likeness (QED) is 0.519. The number of nitrogens with one attached hydrogen (secondary N) is 1. The molecule has 152 valence electrons. The van der Waals surface area contributed by atoms with Gasteiger partial charge >= 0.3 is 0 Å². The molecule has 0 saturated carbocycles. The fraction of sp³-hybridized carbons (Fsp3) is 0.143. The van der Waals surface area contributed by atoms with Crippen LogP contribution in [0.2, 0.25) is 0 Å². The van der Waals surface area contributed by atoms with Gasteiger partial charge in [0, 0.05) is 29.7 Å². The molecule has 0 bridgehead atoms. The number of rotatable bonds is 5. The summed E-state index contributed by atoms with van der Waals surface area (Å²) >= 11 is 0. The van der Waals surface area contributed by atoms with E-state index < -0.39 is 0 Å². The molecule has 0 aliphatic carbocycles. The second-order valence-corrected chi connectivity index (χ2v) is 6.52. The predicted molar refractivity (Wildman–Crippen MR) is 109 cm³/mol. The summed E-state index contributed by atoms with van der Waals surface area (Å²) in [6.07, 6.45) is 3.54. The highest BCUT2D eigenvalue weighted by molar-refractivity contribution is 5.81. The Kier molecular flexibility index (Phi) is 4.20. The van der Waals surface area contributed by atoms with Gasteiger partial charge in [-0.25, -0.2) is 9.97 Å². The summed E-state index contributed by atoms with van der Waals surface area (Å²) in [6, 6.07) is 10.8. The maximum absolute atomic E-state index is 10.3. The molecule has 2 aromatic heterocycles. The highest BCUT2D eigenvalue weighted by Gasteiger charge is 2.20. The van der Waals surface area contributed by atoms with Gasteiger partial charge in [-0.1, -0.05) is 0 Å².